The van der Waals surface area contributed by atoms with E-state index in [0.29, 0.717) is 30.3 Å². The Morgan fingerprint density at radius 3 is 2.65 bits per heavy atom. The Kier molecular flexibility index (Phi) is 4.69. The molecule has 20 heavy (non-hydrogen) atoms. The van der Waals surface area contributed by atoms with Crippen molar-refractivity contribution < 1.29 is 14.7 Å². The Bertz CT molecular complexity index is 501. The Hall–Kier alpha value is -1.50. The van der Waals surface area contributed by atoms with Crippen LogP contribution >= 0.6 is 11.3 Å². The molecule has 1 amide bonds. The van der Waals surface area contributed by atoms with E-state index in [9.17, 15) is 9.59 Å². The average Bonchev–Trinajstić information content (AvgIpc) is 2.97. The summed E-state index contributed by atoms with van der Waals surface area (Å²) in [4.78, 5) is 22.9. The van der Waals surface area contributed by atoms with Gasteiger partial charge in [-0.1, -0.05) is 25.2 Å². The number of rotatable bonds is 5. The van der Waals surface area contributed by atoms with Crippen molar-refractivity contribution in [3.63, 3.8) is 0 Å². The Balaban J connectivity index is 1.88. The van der Waals surface area contributed by atoms with E-state index in [1.54, 1.807) is 0 Å². The fourth-order valence-electron chi connectivity index (χ4n) is 2.39. The van der Waals surface area contributed by atoms with Crippen LogP contribution in [0.25, 0.3) is 0 Å². The van der Waals surface area contributed by atoms with Gasteiger partial charge in [0.2, 0.25) is 11.0 Å². The van der Waals surface area contributed by atoms with Gasteiger partial charge >= 0.3 is 5.97 Å². The van der Waals surface area contributed by atoms with E-state index in [2.05, 4.69) is 29.4 Å². The van der Waals surface area contributed by atoms with Crippen molar-refractivity contribution in [2.75, 3.05) is 5.32 Å². The zero-order valence-corrected chi connectivity index (χ0v) is 12.4. The maximum atomic E-state index is 12.0. The Morgan fingerprint density at radius 1 is 1.35 bits per heavy atom. The molecule has 1 aliphatic rings. The van der Waals surface area contributed by atoms with E-state index in [0.717, 1.165) is 11.4 Å². The van der Waals surface area contributed by atoms with Crippen molar-refractivity contribution >= 4 is 28.3 Å². The van der Waals surface area contributed by atoms with Crippen molar-refractivity contribution in [3.8, 4) is 0 Å². The van der Waals surface area contributed by atoms with E-state index in [1.807, 2.05) is 0 Å². The number of aliphatic carboxylic acids is 1. The van der Waals surface area contributed by atoms with Gasteiger partial charge in [0.15, 0.2) is 0 Å². The van der Waals surface area contributed by atoms with Crippen LogP contribution in [0.15, 0.2) is 0 Å². The number of aromatic nitrogens is 2. The number of nitrogens with one attached hydrogen (secondary N) is 1. The molecular formula is C13H19N3O3S. The molecule has 2 rings (SSSR count). The van der Waals surface area contributed by atoms with Crippen LogP contribution in [0.4, 0.5) is 5.13 Å². The monoisotopic (exact) mass is 297 g/mol. The van der Waals surface area contributed by atoms with Gasteiger partial charge in [0.05, 0.1) is 5.92 Å². The summed E-state index contributed by atoms with van der Waals surface area (Å²) >= 11 is 1.38. The summed E-state index contributed by atoms with van der Waals surface area (Å²) in [6.07, 6.45) is 2.46. The topological polar surface area (TPSA) is 92.2 Å². The van der Waals surface area contributed by atoms with Gasteiger partial charge in [0, 0.05) is 12.3 Å². The average molecular weight is 297 g/mol. The van der Waals surface area contributed by atoms with E-state index >= 15 is 0 Å². The van der Waals surface area contributed by atoms with Gasteiger partial charge in [-0.3, -0.25) is 9.59 Å². The third-order valence-electron chi connectivity index (χ3n) is 3.43. The molecule has 1 aromatic heterocycles. The predicted molar refractivity (Wildman–Crippen MR) is 75.5 cm³/mol. The van der Waals surface area contributed by atoms with Gasteiger partial charge in [-0.15, -0.1) is 10.2 Å². The number of carbonyl (C=O) groups is 2. The van der Waals surface area contributed by atoms with Crippen molar-refractivity contribution in [1.82, 2.24) is 10.2 Å². The highest BCUT2D eigenvalue weighted by Crippen LogP contribution is 2.32. The summed E-state index contributed by atoms with van der Waals surface area (Å²) in [5.41, 5.74) is 0. The summed E-state index contributed by atoms with van der Waals surface area (Å²) in [6.45, 7) is 4.20. The molecule has 1 heterocycles. The van der Waals surface area contributed by atoms with Crippen molar-refractivity contribution in [2.45, 2.75) is 39.5 Å². The first-order chi connectivity index (χ1) is 9.45. The van der Waals surface area contributed by atoms with Crippen molar-refractivity contribution in [2.24, 2.45) is 17.8 Å². The van der Waals surface area contributed by atoms with E-state index in [1.165, 1.54) is 11.3 Å². The maximum absolute atomic E-state index is 12.0. The van der Waals surface area contributed by atoms with Crippen LogP contribution in [0, 0.1) is 17.8 Å². The first-order valence-corrected chi connectivity index (χ1v) is 7.63. The molecule has 1 aromatic rings. The number of carbonyl (C=O) groups excluding carboxylic acids is 1. The normalized spacial score (nSPS) is 22.1. The van der Waals surface area contributed by atoms with Crippen LogP contribution in [-0.2, 0) is 16.0 Å². The second-order valence-electron chi connectivity index (χ2n) is 5.63. The van der Waals surface area contributed by atoms with Crippen LogP contribution in [-0.4, -0.2) is 27.2 Å². The van der Waals surface area contributed by atoms with Crippen LogP contribution in [0.3, 0.4) is 0 Å². The van der Waals surface area contributed by atoms with Crippen molar-refractivity contribution in [3.05, 3.63) is 5.01 Å². The molecule has 2 unspecified atom stereocenters. The lowest BCUT2D eigenvalue weighted by Gasteiger charge is -2.07. The molecule has 110 valence electrons. The summed E-state index contributed by atoms with van der Waals surface area (Å²) < 4.78 is 0. The Morgan fingerprint density at radius 2 is 2.05 bits per heavy atom. The molecule has 2 atom stereocenters. The predicted octanol–water partition coefficient (Wildman–Crippen LogP) is 2.18. The summed E-state index contributed by atoms with van der Waals surface area (Å²) in [5.74, 6) is -1.07. The number of hydrogen-bond donors (Lipinski definition) is 2. The number of carboxylic acids is 1. The van der Waals surface area contributed by atoms with E-state index in [4.69, 9.17) is 5.11 Å². The molecular weight excluding hydrogens is 278 g/mol. The second kappa shape index (κ2) is 6.30. The summed E-state index contributed by atoms with van der Waals surface area (Å²) in [7, 11) is 0. The maximum Gasteiger partial charge on any atom is 0.306 e. The molecule has 7 heteroatoms. The number of carboxylic acid groups (broad SMARTS) is 1. The molecule has 0 radical (unpaired) electrons. The molecule has 1 aliphatic carbocycles. The molecule has 6 nitrogen and oxygen atoms in total. The SMILES string of the molecule is CC(C)Cc1nnc(NC(=O)C2CCC(C(=O)O)C2)s1. The lowest BCUT2D eigenvalue weighted by molar-refractivity contribution is -0.141. The highest BCUT2D eigenvalue weighted by Gasteiger charge is 2.34. The fraction of sp³-hybridized carbons (Fsp3) is 0.692. The van der Waals surface area contributed by atoms with Gasteiger partial charge in [0.1, 0.15) is 5.01 Å². The summed E-state index contributed by atoms with van der Waals surface area (Å²) in [5, 5.41) is 21.1. The molecule has 0 spiro atoms. The lowest BCUT2D eigenvalue weighted by Crippen LogP contribution is -2.21. The van der Waals surface area contributed by atoms with Gasteiger partial charge in [-0.05, 0) is 25.2 Å². The highest BCUT2D eigenvalue weighted by molar-refractivity contribution is 7.15. The molecule has 2 N–H and O–H groups in total. The smallest absolute Gasteiger partial charge is 0.306 e. The molecule has 0 saturated heterocycles. The quantitative estimate of drug-likeness (QED) is 0.869. The summed E-state index contributed by atoms with van der Waals surface area (Å²) in [6, 6.07) is 0. The van der Waals surface area contributed by atoms with Crippen LogP contribution in [0.2, 0.25) is 0 Å². The van der Waals surface area contributed by atoms with E-state index in [-0.39, 0.29) is 11.8 Å². The molecule has 0 aliphatic heterocycles. The highest BCUT2D eigenvalue weighted by atomic mass is 32.1. The van der Waals surface area contributed by atoms with Crippen LogP contribution in [0.5, 0.6) is 0 Å². The van der Waals surface area contributed by atoms with Crippen LogP contribution in [0.1, 0.15) is 38.1 Å². The fourth-order valence-corrected chi connectivity index (χ4v) is 3.34. The molecule has 0 aromatic carbocycles. The first-order valence-electron chi connectivity index (χ1n) is 6.81. The standard InChI is InChI=1S/C13H19N3O3S/c1-7(2)5-10-15-16-13(20-10)14-11(17)8-3-4-9(6-8)12(18)19/h7-9H,3-6H2,1-2H3,(H,18,19)(H,14,16,17). The molecule has 1 saturated carbocycles. The first kappa shape index (κ1) is 14.9. The zero-order chi connectivity index (χ0) is 14.7. The van der Waals surface area contributed by atoms with Gasteiger partial charge in [-0.2, -0.15) is 0 Å². The minimum absolute atomic E-state index is 0.138. The van der Waals surface area contributed by atoms with E-state index < -0.39 is 11.9 Å². The lowest BCUT2D eigenvalue weighted by atomic mass is 10.0. The van der Waals surface area contributed by atoms with Crippen LogP contribution < -0.4 is 5.32 Å². The number of hydrogen-bond acceptors (Lipinski definition) is 5. The minimum atomic E-state index is -0.810. The van der Waals surface area contributed by atoms with Crippen molar-refractivity contribution in [1.29, 1.82) is 0 Å². The molecule has 0 bridgehead atoms. The minimum Gasteiger partial charge on any atom is -0.481 e. The third kappa shape index (κ3) is 3.75. The van der Waals surface area contributed by atoms with Gasteiger partial charge in [0.25, 0.3) is 0 Å². The number of nitrogens with zero attached hydrogens (tertiary/aromatic N) is 2. The molecule has 1 fully saturated rings. The second-order valence-corrected chi connectivity index (χ2v) is 6.70. The number of anilines is 1. The van der Waals surface area contributed by atoms with Gasteiger partial charge < -0.3 is 10.4 Å². The van der Waals surface area contributed by atoms with Gasteiger partial charge in [-0.25, -0.2) is 0 Å². The largest absolute Gasteiger partial charge is 0.481 e. The third-order valence-corrected chi connectivity index (χ3v) is 4.29. The zero-order valence-electron chi connectivity index (χ0n) is 11.6. The number of amides is 1. The Labute approximate surface area is 121 Å².